The molecule has 1 aromatic heterocycles. The summed E-state index contributed by atoms with van der Waals surface area (Å²) < 4.78 is 5.53. The molecule has 20 heavy (non-hydrogen) atoms. The van der Waals surface area contributed by atoms with Crippen LogP contribution in [0.25, 0.3) is 0 Å². The third-order valence-corrected chi connectivity index (χ3v) is 2.92. The Labute approximate surface area is 118 Å². The maximum atomic E-state index is 11.6. The second kappa shape index (κ2) is 6.56. The molecule has 0 aliphatic rings. The van der Waals surface area contributed by atoms with E-state index in [1.807, 2.05) is 32.0 Å². The van der Waals surface area contributed by atoms with Crippen molar-refractivity contribution in [1.29, 1.82) is 0 Å². The molecule has 0 radical (unpaired) electrons. The number of amides is 2. The van der Waals surface area contributed by atoms with Crippen LogP contribution >= 0.6 is 0 Å². The molecular weight excluding hydrogens is 254 g/mol. The summed E-state index contributed by atoms with van der Waals surface area (Å²) in [4.78, 5) is 15.6. The molecule has 5 heteroatoms. The first kappa shape index (κ1) is 13.9. The molecule has 2 aromatic rings. The van der Waals surface area contributed by atoms with Gasteiger partial charge in [0.25, 0.3) is 0 Å². The van der Waals surface area contributed by atoms with Crippen molar-refractivity contribution in [3.63, 3.8) is 0 Å². The van der Waals surface area contributed by atoms with E-state index in [1.165, 1.54) is 0 Å². The van der Waals surface area contributed by atoms with E-state index in [-0.39, 0.29) is 12.8 Å². The zero-order chi connectivity index (χ0) is 14.4. The van der Waals surface area contributed by atoms with Crippen LogP contribution < -0.4 is 15.4 Å². The minimum absolute atomic E-state index is 0.100. The Morgan fingerprint density at radius 3 is 2.80 bits per heavy atom. The van der Waals surface area contributed by atoms with Gasteiger partial charge < -0.3 is 10.1 Å². The van der Waals surface area contributed by atoms with Crippen LogP contribution in [-0.4, -0.2) is 17.7 Å². The van der Waals surface area contributed by atoms with Crippen LogP contribution in [0.4, 0.5) is 10.6 Å². The van der Waals surface area contributed by atoms with Crippen LogP contribution in [0.1, 0.15) is 11.1 Å². The number of urea groups is 1. The van der Waals surface area contributed by atoms with Crippen molar-refractivity contribution in [2.24, 2.45) is 0 Å². The number of rotatable bonds is 4. The van der Waals surface area contributed by atoms with E-state index in [0.29, 0.717) is 5.82 Å². The molecule has 1 aromatic carbocycles. The number of pyridine rings is 1. The standard InChI is InChI=1S/C15H17N3O2/c1-11-6-5-7-13(12(11)2)20-10-17-15(19)18-14-8-3-4-9-16-14/h3-9H,10H2,1-2H3,(H2,16,17,18,19). The number of hydrogen-bond donors (Lipinski definition) is 2. The lowest BCUT2D eigenvalue weighted by Gasteiger charge is -2.12. The number of aryl methyl sites for hydroxylation is 1. The molecule has 2 N–H and O–H groups in total. The fourth-order valence-corrected chi connectivity index (χ4v) is 1.66. The van der Waals surface area contributed by atoms with Crippen molar-refractivity contribution >= 4 is 11.8 Å². The van der Waals surface area contributed by atoms with Gasteiger partial charge >= 0.3 is 6.03 Å². The van der Waals surface area contributed by atoms with Gasteiger partial charge in [-0.15, -0.1) is 0 Å². The highest BCUT2D eigenvalue weighted by Crippen LogP contribution is 2.19. The maximum Gasteiger partial charge on any atom is 0.323 e. The summed E-state index contributed by atoms with van der Waals surface area (Å²) in [6.07, 6.45) is 1.61. The molecule has 0 fully saturated rings. The molecule has 0 aliphatic carbocycles. The highest BCUT2D eigenvalue weighted by molar-refractivity contribution is 5.87. The lowest BCUT2D eigenvalue weighted by Crippen LogP contribution is -2.32. The summed E-state index contributed by atoms with van der Waals surface area (Å²) >= 11 is 0. The molecule has 104 valence electrons. The number of aromatic nitrogens is 1. The molecule has 0 saturated heterocycles. The van der Waals surface area contributed by atoms with Crippen molar-refractivity contribution in [1.82, 2.24) is 10.3 Å². The molecule has 0 saturated carbocycles. The number of anilines is 1. The van der Waals surface area contributed by atoms with E-state index < -0.39 is 0 Å². The topological polar surface area (TPSA) is 63.2 Å². The third-order valence-electron chi connectivity index (χ3n) is 2.92. The Balaban J connectivity index is 1.81. The largest absolute Gasteiger partial charge is 0.473 e. The highest BCUT2D eigenvalue weighted by Gasteiger charge is 2.04. The van der Waals surface area contributed by atoms with Gasteiger partial charge in [0.1, 0.15) is 11.6 Å². The number of nitrogens with one attached hydrogen (secondary N) is 2. The lowest BCUT2D eigenvalue weighted by atomic mass is 10.1. The molecule has 5 nitrogen and oxygen atoms in total. The number of carbonyl (C=O) groups excluding carboxylic acids is 1. The van der Waals surface area contributed by atoms with Gasteiger partial charge in [-0.3, -0.25) is 5.32 Å². The summed E-state index contributed by atoms with van der Waals surface area (Å²) in [5.74, 6) is 1.26. The fourth-order valence-electron chi connectivity index (χ4n) is 1.66. The van der Waals surface area contributed by atoms with E-state index in [1.54, 1.807) is 24.4 Å². The molecule has 0 spiro atoms. The SMILES string of the molecule is Cc1cccc(OCNC(=O)Nc2ccccn2)c1C. The van der Waals surface area contributed by atoms with E-state index in [0.717, 1.165) is 16.9 Å². The summed E-state index contributed by atoms with van der Waals surface area (Å²) in [6, 6.07) is 10.8. The Morgan fingerprint density at radius 2 is 2.05 bits per heavy atom. The number of nitrogens with zero attached hydrogens (tertiary/aromatic N) is 1. The molecule has 0 unspecified atom stereocenters. The normalized spacial score (nSPS) is 9.90. The molecule has 2 rings (SSSR count). The van der Waals surface area contributed by atoms with Crippen LogP contribution in [0.2, 0.25) is 0 Å². The summed E-state index contributed by atoms with van der Waals surface area (Å²) in [6.45, 7) is 4.10. The van der Waals surface area contributed by atoms with Gasteiger partial charge in [0.05, 0.1) is 0 Å². The van der Waals surface area contributed by atoms with Crippen molar-refractivity contribution in [3.05, 3.63) is 53.7 Å². The van der Waals surface area contributed by atoms with Crippen LogP contribution in [0, 0.1) is 13.8 Å². The summed E-state index contributed by atoms with van der Waals surface area (Å²) in [7, 11) is 0. The van der Waals surface area contributed by atoms with Gasteiger partial charge in [-0.05, 0) is 43.2 Å². The predicted octanol–water partition coefficient (Wildman–Crippen LogP) is 2.86. The zero-order valence-corrected chi connectivity index (χ0v) is 11.5. The van der Waals surface area contributed by atoms with Gasteiger partial charge in [-0.1, -0.05) is 18.2 Å². The summed E-state index contributed by atoms with van der Waals surface area (Å²) in [5.41, 5.74) is 2.22. The van der Waals surface area contributed by atoms with Crippen molar-refractivity contribution in [3.8, 4) is 5.75 Å². The van der Waals surface area contributed by atoms with E-state index in [2.05, 4.69) is 15.6 Å². The van der Waals surface area contributed by atoms with Crippen LogP contribution in [0.5, 0.6) is 5.75 Å². The minimum atomic E-state index is -0.353. The number of ether oxygens (including phenoxy) is 1. The zero-order valence-electron chi connectivity index (χ0n) is 11.5. The maximum absolute atomic E-state index is 11.6. The predicted molar refractivity (Wildman–Crippen MR) is 77.8 cm³/mol. The lowest BCUT2D eigenvalue weighted by molar-refractivity contribution is 0.234. The molecule has 1 heterocycles. The number of hydrogen-bond acceptors (Lipinski definition) is 3. The molecule has 0 atom stereocenters. The Morgan fingerprint density at radius 1 is 1.20 bits per heavy atom. The van der Waals surface area contributed by atoms with Crippen molar-refractivity contribution < 1.29 is 9.53 Å². The Hall–Kier alpha value is -2.56. The van der Waals surface area contributed by atoms with E-state index in [9.17, 15) is 4.79 Å². The fraction of sp³-hybridized carbons (Fsp3) is 0.200. The molecular formula is C15H17N3O2. The van der Waals surface area contributed by atoms with E-state index >= 15 is 0 Å². The molecule has 2 amide bonds. The number of carbonyl (C=O) groups is 1. The van der Waals surface area contributed by atoms with Crippen molar-refractivity contribution in [2.45, 2.75) is 13.8 Å². The van der Waals surface area contributed by atoms with Crippen LogP contribution in [0.3, 0.4) is 0 Å². The van der Waals surface area contributed by atoms with Gasteiger partial charge in [0.2, 0.25) is 0 Å². The van der Waals surface area contributed by atoms with Gasteiger partial charge in [0.15, 0.2) is 6.73 Å². The van der Waals surface area contributed by atoms with Gasteiger partial charge in [0, 0.05) is 6.20 Å². The average Bonchev–Trinajstić information content (AvgIpc) is 2.44. The second-order valence-corrected chi connectivity index (χ2v) is 4.33. The van der Waals surface area contributed by atoms with Gasteiger partial charge in [-0.25, -0.2) is 9.78 Å². The quantitative estimate of drug-likeness (QED) is 0.840. The van der Waals surface area contributed by atoms with Gasteiger partial charge in [-0.2, -0.15) is 0 Å². The monoisotopic (exact) mass is 271 g/mol. The smallest absolute Gasteiger partial charge is 0.323 e. The Bertz CT molecular complexity index is 585. The summed E-state index contributed by atoms with van der Waals surface area (Å²) in [5, 5.41) is 5.23. The first-order valence-electron chi connectivity index (χ1n) is 6.31. The van der Waals surface area contributed by atoms with Crippen LogP contribution in [-0.2, 0) is 0 Å². The first-order valence-corrected chi connectivity index (χ1v) is 6.31. The molecule has 0 aliphatic heterocycles. The number of benzene rings is 1. The molecule has 0 bridgehead atoms. The van der Waals surface area contributed by atoms with Crippen LogP contribution in [0.15, 0.2) is 42.6 Å². The first-order chi connectivity index (χ1) is 9.66. The highest BCUT2D eigenvalue weighted by atomic mass is 16.5. The van der Waals surface area contributed by atoms with Crippen molar-refractivity contribution in [2.75, 3.05) is 12.0 Å². The second-order valence-electron chi connectivity index (χ2n) is 4.33. The average molecular weight is 271 g/mol. The Kier molecular flexibility index (Phi) is 4.55. The third kappa shape index (κ3) is 3.71. The minimum Gasteiger partial charge on any atom is -0.473 e. The van der Waals surface area contributed by atoms with E-state index in [4.69, 9.17) is 4.74 Å².